The molecule has 2 N–H and O–H groups in total. The molecule has 1 fully saturated rings. The SMILES string of the molecule is COc1cnc(C(=O)Nc2ccc([C@H]3CNCCO3)c(F)c2)cn1.Cl. The highest BCUT2D eigenvalue weighted by atomic mass is 35.5. The van der Waals surface area contributed by atoms with Gasteiger partial charge in [-0.1, -0.05) is 6.07 Å². The number of nitrogens with zero attached hydrogens (tertiary/aromatic N) is 2. The zero-order valence-corrected chi connectivity index (χ0v) is 14.3. The third-order valence-corrected chi connectivity index (χ3v) is 3.60. The van der Waals surface area contributed by atoms with E-state index >= 15 is 0 Å². The summed E-state index contributed by atoms with van der Waals surface area (Å²) < 4.78 is 24.7. The molecular formula is C16H18ClFN4O3. The molecule has 0 aliphatic carbocycles. The molecule has 1 atom stereocenters. The topological polar surface area (TPSA) is 85.4 Å². The van der Waals surface area contributed by atoms with Gasteiger partial charge in [0.15, 0.2) is 0 Å². The largest absolute Gasteiger partial charge is 0.480 e. The molecule has 1 aliphatic heterocycles. The Kier molecular flexibility index (Phi) is 6.63. The van der Waals surface area contributed by atoms with E-state index in [1.807, 2.05) is 0 Å². The van der Waals surface area contributed by atoms with Crippen molar-refractivity contribution in [2.45, 2.75) is 6.10 Å². The summed E-state index contributed by atoms with van der Waals surface area (Å²) in [5.41, 5.74) is 0.909. The normalized spacial score (nSPS) is 16.6. The van der Waals surface area contributed by atoms with Crippen LogP contribution in [0.2, 0.25) is 0 Å². The molecule has 7 nitrogen and oxygen atoms in total. The molecule has 0 saturated carbocycles. The number of hydrogen-bond acceptors (Lipinski definition) is 6. The standard InChI is InChI=1S/C16H17FN4O3.ClH/c1-23-15-9-19-13(7-20-15)16(22)21-10-2-3-11(12(17)6-10)14-8-18-4-5-24-14;/h2-3,6-7,9,14,18H,4-5,8H2,1H3,(H,21,22);1H/t14-;/m1./s1. The Labute approximate surface area is 150 Å². The molecule has 1 amide bonds. The molecule has 1 aliphatic rings. The van der Waals surface area contributed by atoms with Crippen LogP contribution < -0.4 is 15.4 Å². The van der Waals surface area contributed by atoms with E-state index < -0.39 is 11.7 Å². The third-order valence-electron chi connectivity index (χ3n) is 3.60. The third kappa shape index (κ3) is 4.62. The summed E-state index contributed by atoms with van der Waals surface area (Å²) in [5, 5.41) is 5.74. The lowest BCUT2D eigenvalue weighted by Gasteiger charge is -2.24. The number of amides is 1. The van der Waals surface area contributed by atoms with E-state index in [1.54, 1.807) is 12.1 Å². The number of hydrogen-bond donors (Lipinski definition) is 2. The fourth-order valence-electron chi connectivity index (χ4n) is 2.37. The van der Waals surface area contributed by atoms with Crippen LogP contribution in [0.4, 0.5) is 10.1 Å². The van der Waals surface area contributed by atoms with Crippen molar-refractivity contribution in [2.24, 2.45) is 0 Å². The van der Waals surface area contributed by atoms with Crippen LogP contribution in [0.25, 0.3) is 0 Å². The summed E-state index contributed by atoms with van der Waals surface area (Å²) in [4.78, 5) is 19.9. The van der Waals surface area contributed by atoms with Gasteiger partial charge >= 0.3 is 0 Å². The molecule has 134 valence electrons. The van der Waals surface area contributed by atoms with E-state index in [0.29, 0.717) is 30.3 Å². The second kappa shape index (κ2) is 8.70. The predicted molar refractivity (Wildman–Crippen MR) is 91.7 cm³/mol. The molecule has 2 heterocycles. The first kappa shape index (κ1) is 19.0. The van der Waals surface area contributed by atoms with Gasteiger partial charge in [-0.2, -0.15) is 0 Å². The van der Waals surface area contributed by atoms with Crippen molar-refractivity contribution in [1.82, 2.24) is 15.3 Å². The highest BCUT2D eigenvalue weighted by molar-refractivity contribution is 6.02. The van der Waals surface area contributed by atoms with Crippen LogP contribution in [-0.4, -0.2) is 42.7 Å². The number of carbonyl (C=O) groups excluding carboxylic acids is 1. The summed E-state index contributed by atoms with van der Waals surface area (Å²) in [6.07, 6.45) is 2.31. The second-order valence-corrected chi connectivity index (χ2v) is 5.20. The van der Waals surface area contributed by atoms with Gasteiger partial charge in [-0.25, -0.2) is 14.4 Å². The number of anilines is 1. The first-order valence-corrected chi connectivity index (χ1v) is 7.46. The second-order valence-electron chi connectivity index (χ2n) is 5.20. The van der Waals surface area contributed by atoms with Gasteiger partial charge in [0, 0.05) is 24.3 Å². The number of rotatable bonds is 4. The van der Waals surface area contributed by atoms with Gasteiger partial charge in [0.1, 0.15) is 11.5 Å². The van der Waals surface area contributed by atoms with Crippen molar-refractivity contribution in [3.8, 4) is 5.88 Å². The van der Waals surface area contributed by atoms with Crippen molar-refractivity contribution < 1.29 is 18.7 Å². The van der Waals surface area contributed by atoms with Crippen LogP contribution in [0.5, 0.6) is 5.88 Å². The van der Waals surface area contributed by atoms with Crippen molar-refractivity contribution >= 4 is 24.0 Å². The Morgan fingerprint density at radius 3 is 2.84 bits per heavy atom. The summed E-state index contributed by atoms with van der Waals surface area (Å²) in [5.74, 6) is -0.599. The fraction of sp³-hybridized carbons (Fsp3) is 0.312. The maximum atomic E-state index is 14.3. The molecule has 1 aromatic heterocycles. The monoisotopic (exact) mass is 368 g/mol. The van der Waals surface area contributed by atoms with E-state index in [2.05, 4.69) is 20.6 Å². The fourth-order valence-corrected chi connectivity index (χ4v) is 2.37. The van der Waals surface area contributed by atoms with Crippen LogP contribution in [0.15, 0.2) is 30.6 Å². The molecule has 0 unspecified atom stereocenters. The number of carbonyl (C=O) groups is 1. The maximum Gasteiger partial charge on any atom is 0.275 e. The van der Waals surface area contributed by atoms with Gasteiger partial charge in [-0.3, -0.25) is 4.79 Å². The summed E-state index contributed by atoms with van der Waals surface area (Å²) >= 11 is 0. The Balaban J connectivity index is 0.00000225. The number of aromatic nitrogens is 2. The Hall–Kier alpha value is -2.29. The molecule has 2 aromatic rings. The Bertz CT molecular complexity index is 724. The maximum absolute atomic E-state index is 14.3. The molecule has 1 aromatic carbocycles. The summed E-state index contributed by atoms with van der Waals surface area (Å²) in [6.45, 7) is 1.86. The lowest BCUT2D eigenvalue weighted by atomic mass is 10.1. The number of nitrogens with one attached hydrogen (secondary N) is 2. The highest BCUT2D eigenvalue weighted by Crippen LogP contribution is 2.24. The van der Waals surface area contributed by atoms with Gasteiger partial charge in [-0.05, 0) is 12.1 Å². The molecule has 1 saturated heterocycles. The summed E-state index contributed by atoms with van der Waals surface area (Å²) in [6, 6.07) is 4.51. The van der Waals surface area contributed by atoms with E-state index in [0.717, 1.165) is 6.54 Å². The van der Waals surface area contributed by atoms with Gasteiger partial charge < -0.3 is 20.1 Å². The van der Waals surface area contributed by atoms with Gasteiger partial charge in [0.25, 0.3) is 5.91 Å². The van der Waals surface area contributed by atoms with Crippen LogP contribution in [-0.2, 0) is 4.74 Å². The van der Waals surface area contributed by atoms with Crippen molar-refractivity contribution in [2.75, 3.05) is 32.1 Å². The Morgan fingerprint density at radius 1 is 1.40 bits per heavy atom. The van der Waals surface area contributed by atoms with E-state index in [4.69, 9.17) is 9.47 Å². The molecule has 0 spiro atoms. The minimum Gasteiger partial charge on any atom is -0.480 e. The first-order chi connectivity index (χ1) is 11.7. The number of ether oxygens (including phenoxy) is 2. The lowest BCUT2D eigenvalue weighted by molar-refractivity contribution is 0.0255. The zero-order valence-electron chi connectivity index (χ0n) is 13.5. The van der Waals surface area contributed by atoms with Crippen molar-refractivity contribution in [3.63, 3.8) is 0 Å². The van der Waals surface area contributed by atoms with Crippen LogP contribution in [0, 0.1) is 5.82 Å². The van der Waals surface area contributed by atoms with E-state index in [9.17, 15) is 9.18 Å². The average Bonchev–Trinajstić information content (AvgIpc) is 2.62. The van der Waals surface area contributed by atoms with Gasteiger partial charge in [0.05, 0.1) is 32.2 Å². The lowest BCUT2D eigenvalue weighted by Crippen LogP contribution is -2.33. The predicted octanol–water partition coefficient (Wildman–Crippen LogP) is 1.96. The van der Waals surface area contributed by atoms with Crippen molar-refractivity contribution in [3.05, 3.63) is 47.7 Å². The molecule has 3 rings (SSSR count). The highest BCUT2D eigenvalue weighted by Gasteiger charge is 2.20. The smallest absolute Gasteiger partial charge is 0.275 e. The van der Waals surface area contributed by atoms with Crippen LogP contribution in [0.3, 0.4) is 0 Å². The number of halogens is 2. The molecule has 9 heteroatoms. The van der Waals surface area contributed by atoms with Gasteiger partial charge in [-0.15, -0.1) is 12.4 Å². The van der Waals surface area contributed by atoms with E-state index in [-0.39, 0.29) is 24.2 Å². The summed E-state index contributed by atoms with van der Waals surface area (Å²) in [7, 11) is 1.46. The number of benzene rings is 1. The number of methoxy groups -OCH3 is 1. The number of morpholine rings is 1. The molecule has 25 heavy (non-hydrogen) atoms. The molecule has 0 bridgehead atoms. The minimum atomic E-state index is -0.479. The minimum absolute atomic E-state index is 0. The average molecular weight is 369 g/mol. The van der Waals surface area contributed by atoms with Crippen LogP contribution in [0.1, 0.15) is 22.2 Å². The first-order valence-electron chi connectivity index (χ1n) is 7.46. The molecular weight excluding hydrogens is 351 g/mol. The van der Waals surface area contributed by atoms with Gasteiger partial charge in [0.2, 0.25) is 5.88 Å². The quantitative estimate of drug-likeness (QED) is 0.858. The zero-order chi connectivity index (χ0) is 16.9. The van der Waals surface area contributed by atoms with Crippen molar-refractivity contribution in [1.29, 1.82) is 0 Å². The molecule has 0 radical (unpaired) electrons. The van der Waals surface area contributed by atoms with E-state index in [1.165, 1.54) is 25.6 Å². The van der Waals surface area contributed by atoms with Crippen LogP contribution >= 0.6 is 12.4 Å². The Morgan fingerprint density at radius 2 is 2.24 bits per heavy atom.